The zero-order chi connectivity index (χ0) is 17.5. The molecule has 0 aromatic heterocycles. The molecule has 2 rings (SSSR count). The Labute approximate surface area is 143 Å². The molecule has 0 saturated carbocycles. The van der Waals surface area contributed by atoms with Crippen molar-refractivity contribution in [3.8, 4) is 23.0 Å². The third kappa shape index (κ3) is 3.78. The lowest BCUT2D eigenvalue weighted by atomic mass is 10.1. The summed E-state index contributed by atoms with van der Waals surface area (Å²) in [6.45, 7) is 2.33. The van der Waals surface area contributed by atoms with Crippen LogP contribution in [0.15, 0.2) is 36.4 Å². The highest BCUT2D eigenvalue weighted by molar-refractivity contribution is 6.32. The van der Waals surface area contributed by atoms with Crippen molar-refractivity contribution in [3.63, 3.8) is 0 Å². The average Bonchev–Trinajstić information content (AvgIpc) is 2.58. The number of para-hydroxylation sites is 1. The van der Waals surface area contributed by atoms with E-state index in [1.54, 1.807) is 31.2 Å². The SMILES string of the molecule is CCOc1ccc(OC=O)c(OC)c1C(=O)Oc1ccccc1Cl. The molecule has 0 amide bonds. The minimum absolute atomic E-state index is 0.00128. The van der Waals surface area contributed by atoms with Crippen LogP contribution in [-0.4, -0.2) is 26.2 Å². The maximum atomic E-state index is 12.6. The first-order valence-electron chi connectivity index (χ1n) is 7.03. The van der Waals surface area contributed by atoms with Crippen LogP contribution >= 0.6 is 11.6 Å². The van der Waals surface area contributed by atoms with Crippen molar-refractivity contribution >= 4 is 24.0 Å². The molecule has 126 valence electrons. The smallest absolute Gasteiger partial charge is 0.351 e. The van der Waals surface area contributed by atoms with Gasteiger partial charge in [-0.1, -0.05) is 23.7 Å². The third-order valence-corrected chi connectivity index (χ3v) is 3.32. The van der Waals surface area contributed by atoms with Gasteiger partial charge in [0.15, 0.2) is 11.5 Å². The Bertz CT molecular complexity index is 744. The van der Waals surface area contributed by atoms with Gasteiger partial charge in [-0.15, -0.1) is 0 Å². The van der Waals surface area contributed by atoms with E-state index in [1.165, 1.54) is 19.2 Å². The fraction of sp³-hybridized carbons (Fsp3) is 0.176. The first-order valence-corrected chi connectivity index (χ1v) is 7.41. The first-order chi connectivity index (χ1) is 11.6. The van der Waals surface area contributed by atoms with Crippen molar-refractivity contribution in [1.82, 2.24) is 0 Å². The van der Waals surface area contributed by atoms with Gasteiger partial charge >= 0.3 is 5.97 Å². The van der Waals surface area contributed by atoms with Crippen molar-refractivity contribution in [1.29, 1.82) is 0 Å². The van der Waals surface area contributed by atoms with E-state index in [1.807, 2.05) is 0 Å². The second-order valence-electron chi connectivity index (χ2n) is 4.44. The molecule has 6 nitrogen and oxygen atoms in total. The maximum Gasteiger partial charge on any atom is 0.351 e. The Morgan fingerprint density at radius 1 is 1.12 bits per heavy atom. The highest BCUT2D eigenvalue weighted by Gasteiger charge is 2.25. The van der Waals surface area contributed by atoms with Crippen LogP contribution in [0.3, 0.4) is 0 Å². The molecule has 0 aliphatic carbocycles. The molecule has 0 N–H and O–H groups in total. The Kier molecular flexibility index (Phi) is 6.03. The van der Waals surface area contributed by atoms with Crippen molar-refractivity contribution in [2.24, 2.45) is 0 Å². The van der Waals surface area contributed by atoms with Crippen molar-refractivity contribution in [2.75, 3.05) is 13.7 Å². The number of rotatable bonds is 7. The molecule has 0 heterocycles. The molecule has 0 radical (unpaired) electrons. The van der Waals surface area contributed by atoms with Gasteiger partial charge in [0.2, 0.25) is 0 Å². The van der Waals surface area contributed by atoms with Gasteiger partial charge in [0.1, 0.15) is 17.1 Å². The van der Waals surface area contributed by atoms with Crippen LogP contribution in [0, 0.1) is 0 Å². The molecule has 2 aromatic rings. The Morgan fingerprint density at radius 3 is 2.46 bits per heavy atom. The average molecular weight is 351 g/mol. The van der Waals surface area contributed by atoms with Gasteiger partial charge in [0, 0.05) is 0 Å². The van der Waals surface area contributed by atoms with E-state index in [-0.39, 0.29) is 40.1 Å². The van der Waals surface area contributed by atoms with Gasteiger partial charge in [0.05, 0.1) is 18.7 Å². The molecule has 0 unspecified atom stereocenters. The largest absolute Gasteiger partial charge is 0.493 e. The summed E-state index contributed by atoms with van der Waals surface area (Å²) in [6.07, 6.45) is 0. The van der Waals surface area contributed by atoms with Gasteiger partial charge < -0.3 is 18.9 Å². The van der Waals surface area contributed by atoms with Crippen LogP contribution in [0.2, 0.25) is 5.02 Å². The zero-order valence-electron chi connectivity index (χ0n) is 13.1. The van der Waals surface area contributed by atoms with Crippen LogP contribution < -0.4 is 18.9 Å². The summed E-state index contributed by atoms with van der Waals surface area (Å²) < 4.78 is 20.8. The van der Waals surface area contributed by atoms with Crippen LogP contribution in [0.5, 0.6) is 23.0 Å². The zero-order valence-corrected chi connectivity index (χ0v) is 13.8. The fourth-order valence-electron chi connectivity index (χ4n) is 2.04. The molecular weight excluding hydrogens is 336 g/mol. The van der Waals surface area contributed by atoms with Gasteiger partial charge in [-0.25, -0.2) is 4.79 Å². The Morgan fingerprint density at radius 2 is 1.83 bits per heavy atom. The molecular formula is C17H15ClO6. The Hall–Kier alpha value is -2.73. The number of esters is 1. The fourth-order valence-corrected chi connectivity index (χ4v) is 2.21. The van der Waals surface area contributed by atoms with Crippen molar-refractivity contribution in [3.05, 3.63) is 47.0 Å². The minimum atomic E-state index is -0.750. The molecule has 2 aromatic carbocycles. The molecule has 7 heteroatoms. The topological polar surface area (TPSA) is 71.1 Å². The molecule has 0 aliphatic rings. The van der Waals surface area contributed by atoms with Gasteiger partial charge in [-0.05, 0) is 31.2 Å². The predicted octanol–water partition coefficient (Wildman–Crippen LogP) is 3.50. The number of methoxy groups -OCH3 is 1. The van der Waals surface area contributed by atoms with Gasteiger partial charge in [0.25, 0.3) is 6.47 Å². The quantitative estimate of drug-likeness (QED) is 0.432. The van der Waals surface area contributed by atoms with E-state index in [2.05, 4.69) is 0 Å². The van der Waals surface area contributed by atoms with Gasteiger partial charge in [-0.3, -0.25) is 4.79 Å². The van der Waals surface area contributed by atoms with Gasteiger partial charge in [-0.2, -0.15) is 0 Å². The monoisotopic (exact) mass is 350 g/mol. The summed E-state index contributed by atoms with van der Waals surface area (Å²) in [7, 11) is 1.34. The predicted molar refractivity (Wildman–Crippen MR) is 87.3 cm³/mol. The number of benzene rings is 2. The number of hydrogen-bond acceptors (Lipinski definition) is 6. The molecule has 0 aliphatic heterocycles. The lowest BCUT2D eigenvalue weighted by Crippen LogP contribution is -2.13. The summed E-state index contributed by atoms with van der Waals surface area (Å²) in [5, 5.41) is 0.281. The number of halogens is 1. The van der Waals surface area contributed by atoms with Crippen LogP contribution in [-0.2, 0) is 4.79 Å². The van der Waals surface area contributed by atoms with Crippen LogP contribution in [0.25, 0.3) is 0 Å². The molecule has 0 fully saturated rings. The summed E-state index contributed by atoms with van der Waals surface area (Å²) in [6, 6.07) is 9.50. The first kappa shape index (κ1) is 17.6. The van der Waals surface area contributed by atoms with E-state index in [4.69, 9.17) is 30.5 Å². The van der Waals surface area contributed by atoms with E-state index in [0.717, 1.165) is 0 Å². The molecule has 0 saturated heterocycles. The molecule has 0 bridgehead atoms. The molecule has 0 spiro atoms. The number of carbonyl (C=O) groups excluding carboxylic acids is 2. The minimum Gasteiger partial charge on any atom is -0.493 e. The number of ether oxygens (including phenoxy) is 4. The molecule has 24 heavy (non-hydrogen) atoms. The number of hydrogen-bond donors (Lipinski definition) is 0. The van der Waals surface area contributed by atoms with E-state index < -0.39 is 5.97 Å². The highest BCUT2D eigenvalue weighted by atomic mass is 35.5. The third-order valence-electron chi connectivity index (χ3n) is 3.01. The summed E-state index contributed by atoms with van der Waals surface area (Å²) in [5.41, 5.74) is -0.00128. The van der Waals surface area contributed by atoms with Crippen LogP contribution in [0.1, 0.15) is 17.3 Å². The lowest BCUT2D eigenvalue weighted by Gasteiger charge is -2.16. The molecule has 0 atom stereocenters. The summed E-state index contributed by atoms with van der Waals surface area (Å²) in [4.78, 5) is 23.2. The Balaban J connectivity index is 2.48. The van der Waals surface area contributed by atoms with Crippen molar-refractivity contribution < 1.29 is 28.5 Å². The van der Waals surface area contributed by atoms with E-state index >= 15 is 0 Å². The van der Waals surface area contributed by atoms with E-state index in [9.17, 15) is 9.59 Å². The van der Waals surface area contributed by atoms with Crippen LogP contribution in [0.4, 0.5) is 0 Å². The number of carbonyl (C=O) groups is 2. The lowest BCUT2D eigenvalue weighted by molar-refractivity contribution is -0.120. The van der Waals surface area contributed by atoms with E-state index in [0.29, 0.717) is 6.61 Å². The highest BCUT2D eigenvalue weighted by Crippen LogP contribution is 2.38. The summed E-state index contributed by atoms with van der Waals surface area (Å²) >= 11 is 6.00. The normalized spacial score (nSPS) is 9.96. The maximum absolute atomic E-state index is 12.6. The standard InChI is InChI=1S/C17H15ClO6/c1-3-22-13-8-9-14(23-10-19)16(21-2)15(13)17(20)24-12-7-5-4-6-11(12)18/h4-10H,3H2,1-2H3. The second kappa shape index (κ2) is 8.21. The summed E-state index contributed by atoms with van der Waals surface area (Å²) in [5.74, 6) is -0.216. The van der Waals surface area contributed by atoms with Crippen molar-refractivity contribution in [2.45, 2.75) is 6.92 Å². The second-order valence-corrected chi connectivity index (χ2v) is 4.84.